The first-order chi connectivity index (χ1) is 8.58. The molecule has 0 saturated carbocycles. The van der Waals surface area contributed by atoms with Crippen molar-refractivity contribution in [3.63, 3.8) is 0 Å². The number of benzene rings is 1. The van der Waals surface area contributed by atoms with Gasteiger partial charge >= 0.3 is 0 Å². The molecule has 2 amide bonds. The van der Waals surface area contributed by atoms with Crippen LogP contribution in [0.4, 0.5) is 5.69 Å². The van der Waals surface area contributed by atoms with Crippen LogP contribution >= 0.6 is 11.6 Å². The minimum Gasteiger partial charge on any atom is -0.366 e. The Balaban J connectivity index is 2.18. The number of nitrogens with two attached hydrogens (primary N) is 1. The van der Waals surface area contributed by atoms with E-state index >= 15 is 0 Å². The number of carbonyl (C=O) groups excluding carboxylic acids is 2. The number of nitrogens with zero attached hydrogens (tertiary/aromatic N) is 3. The van der Waals surface area contributed by atoms with Crippen molar-refractivity contribution in [2.75, 3.05) is 5.32 Å². The number of anilines is 1. The van der Waals surface area contributed by atoms with Gasteiger partial charge in [-0.1, -0.05) is 11.6 Å². The van der Waals surface area contributed by atoms with Gasteiger partial charge in [-0.15, -0.1) is 10.2 Å². The third kappa shape index (κ3) is 2.43. The Labute approximate surface area is 106 Å². The molecule has 2 aromatic rings. The van der Waals surface area contributed by atoms with Gasteiger partial charge in [0, 0.05) is 5.69 Å². The monoisotopic (exact) mass is 266 g/mol. The smallest absolute Gasteiger partial charge is 0.297 e. The maximum Gasteiger partial charge on any atom is 0.297 e. The van der Waals surface area contributed by atoms with Gasteiger partial charge in [-0.25, -0.2) is 0 Å². The summed E-state index contributed by atoms with van der Waals surface area (Å²) in [7, 11) is 0. The molecule has 9 heteroatoms. The number of tetrazole rings is 1. The third-order valence-corrected chi connectivity index (χ3v) is 2.35. The van der Waals surface area contributed by atoms with Crippen LogP contribution in [0.1, 0.15) is 21.0 Å². The number of rotatable bonds is 3. The van der Waals surface area contributed by atoms with E-state index in [-0.39, 0.29) is 16.4 Å². The zero-order chi connectivity index (χ0) is 13.1. The molecular formula is C9H7ClN6O2. The first-order valence-corrected chi connectivity index (χ1v) is 5.10. The van der Waals surface area contributed by atoms with E-state index in [1.165, 1.54) is 18.2 Å². The van der Waals surface area contributed by atoms with E-state index in [1.807, 2.05) is 0 Å². The van der Waals surface area contributed by atoms with Gasteiger partial charge in [0.25, 0.3) is 11.7 Å². The number of nitrogens with one attached hydrogen (secondary N) is 2. The Bertz CT molecular complexity index is 597. The fraction of sp³-hybridized carbons (Fsp3) is 0. The molecule has 0 fully saturated rings. The normalized spacial score (nSPS) is 10.1. The average Bonchev–Trinajstić information content (AvgIpc) is 2.81. The first-order valence-electron chi connectivity index (χ1n) is 4.72. The maximum absolute atomic E-state index is 11.6. The van der Waals surface area contributed by atoms with Crippen molar-refractivity contribution in [2.24, 2.45) is 5.73 Å². The predicted molar refractivity (Wildman–Crippen MR) is 62.1 cm³/mol. The Morgan fingerprint density at radius 1 is 1.39 bits per heavy atom. The quantitative estimate of drug-likeness (QED) is 0.731. The average molecular weight is 267 g/mol. The number of hydrogen-bond acceptors (Lipinski definition) is 5. The number of carbonyl (C=O) groups is 2. The third-order valence-electron chi connectivity index (χ3n) is 2.04. The van der Waals surface area contributed by atoms with Crippen molar-refractivity contribution in [3.05, 3.63) is 34.6 Å². The molecule has 18 heavy (non-hydrogen) atoms. The fourth-order valence-corrected chi connectivity index (χ4v) is 1.51. The summed E-state index contributed by atoms with van der Waals surface area (Å²) in [5, 5.41) is 15.1. The van der Waals surface area contributed by atoms with Crippen molar-refractivity contribution in [1.29, 1.82) is 0 Å². The van der Waals surface area contributed by atoms with Crippen molar-refractivity contribution < 1.29 is 9.59 Å². The number of amides is 2. The molecule has 0 bridgehead atoms. The highest BCUT2D eigenvalue weighted by molar-refractivity contribution is 6.34. The van der Waals surface area contributed by atoms with E-state index in [4.69, 9.17) is 17.3 Å². The summed E-state index contributed by atoms with van der Waals surface area (Å²) in [4.78, 5) is 22.5. The minimum absolute atomic E-state index is 0.106. The number of aromatic nitrogens is 4. The number of H-pyrrole nitrogens is 1. The molecular weight excluding hydrogens is 260 g/mol. The lowest BCUT2D eigenvalue weighted by atomic mass is 10.2. The van der Waals surface area contributed by atoms with E-state index < -0.39 is 11.8 Å². The zero-order valence-electron chi connectivity index (χ0n) is 8.85. The van der Waals surface area contributed by atoms with Crippen molar-refractivity contribution in [3.8, 4) is 0 Å². The van der Waals surface area contributed by atoms with Gasteiger partial charge in [0.2, 0.25) is 5.91 Å². The molecule has 0 saturated heterocycles. The van der Waals surface area contributed by atoms with E-state index in [0.717, 1.165) is 0 Å². The SMILES string of the molecule is NC(=O)c1ccc(NC(=O)c2nn[nH]n2)cc1Cl. The summed E-state index contributed by atoms with van der Waals surface area (Å²) < 4.78 is 0. The summed E-state index contributed by atoms with van der Waals surface area (Å²) in [6.07, 6.45) is 0. The van der Waals surface area contributed by atoms with E-state index in [0.29, 0.717) is 5.69 Å². The molecule has 2 rings (SSSR count). The lowest BCUT2D eigenvalue weighted by molar-refractivity contribution is 0.0997. The molecule has 1 aromatic heterocycles. The second-order valence-corrected chi connectivity index (χ2v) is 3.66. The van der Waals surface area contributed by atoms with Crippen LogP contribution in [0.2, 0.25) is 5.02 Å². The molecule has 0 aliphatic carbocycles. The second kappa shape index (κ2) is 4.80. The maximum atomic E-state index is 11.6. The first kappa shape index (κ1) is 12.0. The molecule has 1 heterocycles. The van der Waals surface area contributed by atoms with Crippen molar-refractivity contribution in [2.45, 2.75) is 0 Å². The van der Waals surface area contributed by atoms with Gasteiger partial charge in [0.1, 0.15) is 0 Å². The molecule has 0 radical (unpaired) electrons. The summed E-state index contributed by atoms with van der Waals surface area (Å²) in [6.45, 7) is 0. The molecule has 1 aromatic carbocycles. The Hall–Kier alpha value is -2.48. The van der Waals surface area contributed by atoms with Crippen LogP contribution < -0.4 is 11.1 Å². The molecule has 0 aliphatic heterocycles. The topological polar surface area (TPSA) is 127 Å². The lowest BCUT2D eigenvalue weighted by Gasteiger charge is -2.05. The van der Waals surface area contributed by atoms with E-state index in [2.05, 4.69) is 25.9 Å². The highest BCUT2D eigenvalue weighted by atomic mass is 35.5. The molecule has 92 valence electrons. The van der Waals surface area contributed by atoms with Gasteiger partial charge in [0.15, 0.2) is 0 Å². The van der Waals surface area contributed by atoms with Gasteiger partial charge < -0.3 is 11.1 Å². The lowest BCUT2D eigenvalue weighted by Crippen LogP contribution is -2.15. The summed E-state index contributed by atoms with van der Waals surface area (Å²) in [6, 6.07) is 4.31. The minimum atomic E-state index is -0.643. The van der Waals surface area contributed by atoms with Gasteiger partial charge in [0.05, 0.1) is 10.6 Å². The number of aromatic amines is 1. The standard InChI is InChI=1S/C9H7ClN6O2/c10-6-3-4(1-2-5(6)7(11)17)12-9(18)8-13-15-16-14-8/h1-3H,(H2,11,17)(H,12,18)(H,13,14,15,16). The van der Waals surface area contributed by atoms with Gasteiger partial charge in [-0.2, -0.15) is 5.21 Å². The summed E-state index contributed by atoms with van der Waals surface area (Å²) in [5.41, 5.74) is 5.66. The van der Waals surface area contributed by atoms with Crippen LogP contribution in [0.15, 0.2) is 18.2 Å². The Morgan fingerprint density at radius 3 is 2.72 bits per heavy atom. The molecule has 0 atom stereocenters. The predicted octanol–water partition coefficient (Wildman–Crippen LogP) is 0.204. The van der Waals surface area contributed by atoms with E-state index in [9.17, 15) is 9.59 Å². The number of primary amides is 1. The molecule has 4 N–H and O–H groups in total. The number of halogens is 1. The largest absolute Gasteiger partial charge is 0.366 e. The van der Waals surface area contributed by atoms with Crippen molar-refractivity contribution >= 4 is 29.1 Å². The van der Waals surface area contributed by atoms with Crippen LogP contribution in [0.5, 0.6) is 0 Å². The van der Waals surface area contributed by atoms with Gasteiger partial charge in [-0.05, 0) is 23.4 Å². The summed E-state index contributed by atoms with van der Waals surface area (Å²) in [5.74, 6) is -1.30. The molecule has 0 unspecified atom stereocenters. The molecule has 0 aliphatic rings. The highest BCUT2D eigenvalue weighted by Gasteiger charge is 2.12. The Morgan fingerprint density at radius 2 is 2.17 bits per heavy atom. The van der Waals surface area contributed by atoms with Crippen LogP contribution in [-0.4, -0.2) is 32.4 Å². The van der Waals surface area contributed by atoms with Crippen LogP contribution in [0.3, 0.4) is 0 Å². The Kier molecular flexibility index (Phi) is 3.20. The van der Waals surface area contributed by atoms with Crippen LogP contribution in [-0.2, 0) is 0 Å². The van der Waals surface area contributed by atoms with Crippen LogP contribution in [0, 0.1) is 0 Å². The summed E-state index contributed by atoms with van der Waals surface area (Å²) >= 11 is 5.83. The highest BCUT2D eigenvalue weighted by Crippen LogP contribution is 2.20. The van der Waals surface area contributed by atoms with Crippen molar-refractivity contribution in [1.82, 2.24) is 20.6 Å². The number of hydrogen-bond donors (Lipinski definition) is 3. The van der Waals surface area contributed by atoms with Crippen LogP contribution in [0.25, 0.3) is 0 Å². The van der Waals surface area contributed by atoms with E-state index in [1.54, 1.807) is 0 Å². The molecule has 0 spiro atoms. The zero-order valence-corrected chi connectivity index (χ0v) is 9.60. The molecule has 8 nitrogen and oxygen atoms in total. The second-order valence-electron chi connectivity index (χ2n) is 3.25. The van der Waals surface area contributed by atoms with Gasteiger partial charge in [-0.3, -0.25) is 9.59 Å². The fourth-order valence-electron chi connectivity index (χ4n) is 1.24.